The third-order valence-electron chi connectivity index (χ3n) is 2.11. The van der Waals surface area contributed by atoms with Gasteiger partial charge in [0.2, 0.25) is 0 Å². The zero-order valence-corrected chi connectivity index (χ0v) is 11.3. The lowest BCUT2D eigenvalue weighted by atomic mass is 10.6. The summed E-state index contributed by atoms with van der Waals surface area (Å²) in [7, 11) is -2.03. The van der Waals surface area contributed by atoms with E-state index in [0.29, 0.717) is 6.61 Å². The van der Waals surface area contributed by atoms with E-state index < -0.39 is 10.0 Å². The molecular weight excluding hydrogens is 270 g/mol. The maximum atomic E-state index is 12.0. The molecule has 0 aliphatic heterocycles. The van der Waals surface area contributed by atoms with Crippen molar-refractivity contribution in [2.24, 2.45) is 7.05 Å². The van der Waals surface area contributed by atoms with Crippen molar-refractivity contribution in [2.75, 3.05) is 11.3 Å². The predicted molar refractivity (Wildman–Crippen MR) is 67.2 cm³/mol. The van der Waals surface area contributed by atoms with Gasteiger partial charge in [-0.2, -0.15) is 8.42 Å². The van der Waals surface area contributed by atoms with Gasteiger partial charge >= 0.3 is 6.01 Å². The average Bonchev–Trinajstić information content (AvgIpc) is 2.79. The molecule has 8 nitrogen and oxygen atoms in total. The minimum Gasteiger partial charge on any atom is -0.464 e. The molecule has 0 fully saturated rings. The molecule has 0 radical (unpaired) electrons. The Labute approximate surface area is 110 Å². The molecule has 0 aromatic carbocycles. The molecule has 0 saturated heterocycles. The lowest BCUT2D eigenvalue weighted by Gasteiger charge is -2.05. The van der Waals surface area contributed by atoms with Gasteiger partial charge in [0.15, 0.2) is 5.03 Å². The van der Waals surface area contributed by atoms with E-state index in [4.69, 9.17) is 4.74 Å². The lowest BCUT2D eigenvalue weighted by Crippen LogP contribution is -2.14. The van der Waals surface area contributed by atoms with Gasteiger partial charge in [0.05, 0.1) is 31.0 Å². The minimum atomic E-state index is -3.72. The van der Waals surface area contributed by atoms with E-state index in [0.717, 1.165) is 0 Å². The van der Waals surface area contributed by atoms with Crippen LogP contribution in [0, 0.1) is 0 Å². The Kier molecular flexibility index (Phi) is 3.65. The Morgan fingerprint density at radius 3 is 2.53 bits per heavy atom. The summed E-state index contributed by atoms with van der Waals surface area (Å²) in [5.74, 6) is 0. The Balaban J connectivity index is 2.16. The van der Waals surface area contributed by atoms with Crippen molar-refractivity contribution in [3.8, 4) is 6.01 Å². The van der Waals surface area contributed by atoms with Crippen molar-refractivity contribution >= 4 is 15.7 Å². The summed E-state index contributed by atoms with van der Waals surface area (Å²) < 4.78 is 32.8. The van der Waals surface area contributed by atoms with E-state index in [-0.39, 0.29) is 16.7 Å². The average molecular weight is 283 g/mol. The van der Waals surface area contributed by atoms with E-state index in [2.05, 4.69) is 19.7 Å². The number of aryl methyl sites for hydroxylation is 1. The van der Waals surface area contributed by atoms with Gasteiger partial charge in [0.1, 0.15) is 0 Å². The number of imidazole rings is 1. The van der Waals surface area contributed by atoms with Crippen molar-refractivity contribution < 1.29 is 13.2 Å². The molecule has 0 amide bonds. The fraction of sp³-hybridized carbons (Fsp3) is 0.300. The number of aromatic nitrogens is 4. The van der Waals surface area contributed by atoms with Crippen molar-refractivity contribution in [3.05, 3.63) is 24.9 Å². The second-order valence-electron chi connectivity index (χ2n) is 3.67. The van der Waals surface area contributed by atoms with E-state index >= 15 is 0 Å². The van der Waals surface area contributed by atoms with Crippen LogP contribution in [-0.2, 0) is 17.1 Å². The third-order valence-corrected chi connectivity index (χ3v) is 3.38. The van der Waals surface area contributed by atoms with Crippen LogP contribution in [0.25, 0.3) is 0 Å². The number of rotatable bonds is 5. The lowest BCUT2D eigenvalue weighted by molar-refractivity contribution is 0.312. The minimum absolute atomic E-state index is 0.0658. The highest BCUT2D eigenvalue weighted by Crippen LogP contribution is 2.13. The largest absolute Gasteiger partial charge is 0.464 e. The monoisotopic (exact) mass is 283 g/mol. The molecule has 0 spiro atoms. The molecule has 0 aliphatic carbocycles. The number of anilines is 1. The fourth-order valence-corrected chi connectivity index (χ4v) is 2.32. The molecule has 102 valence electrons. The molecule has 0 bridgehead atoms. The standard InChI is InChI=1S/C10H13N5O3S/c1-3-18-10-11-4-8(5-12-10)14-19(16,17)9-6-15(2)7-13-9/h4-7,14H,3H2,1-2H3. The molecule has 0 atom stereocenters. The fourth-order valence-electron chi connectivity index (χ4n) is 1.31. The van der Waals surface area contributed by atoms with Crippen LogP contribution in [0.15, 0.2) is 29.9 Å². The molecule has 1 N–H and O–H groups in total. The highest BCUT2D eigenvalue weighted by atomic mass is 32.2. The van der Waals surface area contributed by atoms with Gasteiger partial charge in [0, 0.05) is 13.2 Å². The van der Waals surface area contributed by atoms with Crippen molar-refractivity contribution in [1.82, 2.24) is 19.5 Å². The first-order valence-electron chi connectivity index (χ1n) is 5.47. The van der Waals surface area contributed by atoms with E-state index in [1.54, 1.807) is 18.5 Å². The van der Waals surface area contributed by atoms with Crippen LogP contribution < -0.4 is 9.46 Å². The van der Waals surface area contributed by atoms with Gasteiger partial charge in [-0.15, -0.1) is 0 Å². The quantitative estimate of drug-likeness (QED) is 0.853. The molecule has 19 heavy (non-hydrogen) atoms. The number of sulfonamides is 1. The molecule has 2 heterocycles. The summed E-state index contributed by atoms with van der Waals surface area (Å²) in [6.45, 7) is 2.25. The summed E-state index contributed by atoms with van der Waals surface area (Å²) >= 11 is 0. The summed E-state index contributed by atoms with van der Waals surface area (Å²) in [6, 6.07) is 0.197. The number of ether oxygens (including phenoxy) is 1. The predicted octanol–water partition coefficient (Wildman–Crippen LogP) is 0.410. The highest BCUT2D eigenvalue weighted by Gasteiger charge is 2.17. The van der Waals surface area contributed by atoms with Crippen LogP contribution in [0.2, 0.25) is 0 Å². The van der Waals surface area contributed by atoms with Gasteiger partial charge < -0.3 is 9.30 Å². The maximum Gasteiger partial charge on any atom is 0.316 e. The summed E-state index contributed by atoms with van der Waals surface area (Å²) in [5, 5.41) is -0.0658. The summed E-state index contributed by atoms with van der Waals surface area (Å²) in [5.41, 5.74) is 0.245. The van der Waals surface area contributed by atoms with Gasteiger partial charge in [-0.1, -0.05) is 0 Å². The molecule has 9 heteroatoms. The van der Waals surface area contributed by atoms with Gasteiger partial charge in [-0.3, -0.25) is 4.72 Å². The zero-order valence-electron chi connectivity index (χ0n) is 10.4. The van der Waals surface area contributed by atoms with Crippen LogP contribution in [0.1, 0.15) is 6.92 Å². The highest BCUT2D eigenvalue weighted by molar-refractivity contribution is 7.92. The zero-order chi connectivity index (χ0) is 13.9. The number of hydrogen-bond donors (Lipinski definition) is 1. The van der Waals surface area contributed by atoms with Crippen LogP contribution >= 0.6 is 0 Å². The van der Waals surface area contributed by atoms with Crippen molar-refractivity contribution in [1.29, 1.82) is 0 Å². The van der Waals surface area contributed by atoms with E-state index in [1.807, 2.05) is 0 Å². The Bertz CT molecular complexity index is 650. The number of hydrogen-bond acceptors (Lipinski definition) is 6. The third kappa shape index (κ3) is 3.19. The molecule has 2 rings (SSSR count). The number of nitrogens with zero attached hydrogens (tertiary/aromatic N) is 4. The normalized spacial score (nSPS) is 11.3. The maximum absolute atomic E-state index is 12.0. The number of nitrogens with one attached hydrogen (secondary N) is 1. The Morgan fingerprint density at radius 1 is 1.32 bits per heavy atom. The van der Waals surface area contributed by atoms with Gasteiger partial charge in [-0.05, 0) is 6.92 Å². The van der Waals surface area contributed by atoms with Crippen molar-refractivity contribution in [2.45, 2.75) is 11.9 Å². The molecule has 0 aliphatic rings. The van der Waals surface area contributed by atoms with Gasteiger partial charge in [0.25, 0.3) is 10.0 Å². The van der Waals surface area contributed by atoms with E-state index in [1.165, 1.54) is 24.9 Å². The summed E-state index contributed by atoms with van der Waals surface area (Å²) in [4.78, 5) is 11.5. The van der Waals surface area contributed by atoms with Crippen LogP contribution in [0.3, 0.4) is 0 Å². The molecule has 2 aromatic heterocycles. The summed E-state index contributed by atoms with van der Waals surface area (Å²) in [6.07, 6.45) is 5.47. The second kappa shape index (κ2) is 5.22. The second-order valence-corrected chi connectivity index (χ2v) is 5.30. The van der Waals surface area contributed by atoms with E-state index in [9.17, 15) is 8.42 Å². The Morgan fingerprint density at radius 2 is 2.00 bits per heavy atom. The SMILES string of the molecule is CCOc1ncc(NS(=O)(=O)c2cn(C)cn2)cn1. The van der Waals surface area contributed by atoms with Crippen molar-refractivity contribution in [3.63, 3.8) is 0 Å². The van der Waals surface area contributed by atoms with Crippen LogP contribution in [0.4, 0.5) is 5.69 Å². The smallest absolute Gasteiger partial charge is 0.316 e. The van der Waals surface area contributed by atoms with Crippen LogP contribution in [0.5, 0.6) is 6.01 Å². The molecule has 2 aromatic rings. The molecular formula is C10H13N5O3S. The topological polar surface area (TPSA) is 99.0 Å². The van der Waals surface area contributed by atoms with Crippen LogP contribution in [-0.4, -0.2) is 34.5 Å². The molecule has 0 unspecified atom stereocenters. The first-order chi connectivity index (χ1) is 9.01. The Hall–Kier alpha value is -2.16. The first kappa shape index (κ1) is 13.3. The first-order valence-corrected chi connectivity index (χ1v) is 6.95. The molecule has 0 saturated carbocycles. The van der Waals surface area contributed by atoms with Gasteiger partial charge in [-0.25, -0.2) is 15.0 Å².